The lowest BCUT2D eigenvalue weighted by atomic mass is 10.1. The average molecular weight is 273 g/mol. The first-order valence-corrected chi connectivity index (χ1v) is 7.05. The highest BCUT2D eigenvalue weighted by Crippen LogP contribution is 2.19. The van der Waals surface area contributed by atoms with Gasteiger partial charge >= 0.3 is 0 Å². The SMILES string of the molecule is Cc1[nH]cnc1CNC(C)c1ccc(OC(C)C)cc1. The van der Waals surface area contributed by atoms with Crippen LogP contribution in [0, 0.1) is 6.92 Å². The van der Waals surface area contributed by atoms with Gasteiger partial charge in [-0.2, -0.15) is 0 Å². The summed E-state index contributed by atoms with van der Waals surface area (Å²) < 4.78 is 5.65. The third-order valence-corrected chi connectivity index (χ3v) is 3.26. The number of aromatic nitrogens is 2. The van der Waals surface area contributed by atoms with E-state index in [2.05, 4.69) is 34.3 Å². The third kappa shape index (κ3) is 3.84. The zero-order valence-corrected chi connectivity index (χ0v) is 12.6. The number of aromatic amines is 1. The van der Waals surface area contributed by atoms with Crippen LogP contribution in [0.4, 0.5) is 0 Å². The molecule has 1 aromatic carbocycles. The highest BCUT2D eigenvalue weighted by atomic mass is 16.5. The van der Waals surface area contributed by atoms with Crippen molar-refractivity contribution in [2.45, 2.75) is 46.4 Å². The van der Waals surface area contributed by atoms with Crippen molar-refractivity contribution in [3.05, 3.63) is 47.5 Å². The summed E-state index contributed by atoms with van der Waals surface area (Å²) in [6.45, 7) is 9.02. The van der Waals surface area contributed by atoms with Gasteiger partial charge in [0.15, 0.2) is 0 Å². The Morgan fingerprint density at radius 2 is 1.90 bits per heavy atom. The number of imidazole rings is 1. The lowest BCUT2D eigenvalue weighted by Gasteiger charge is -2.15. The molecule has 0 saturated heterocycles. The fraction of sp³-hybridized carbons (Fsp3) is 0.438. The van der Waals surface area contributed by atoms with Crippen molar-refractivity contribution in [1.29, 1.82) is 0 Å². The van der Waals surface area contributed by atoms with Gasteiger partial charge in [-0.3, -0.25) is 0 Å². The molecule has 2 rings (SSSR count). The molecule has 0 aliphatic rings. The first-order valence-electron chi connectivity index (χ1n) is 7.05. The van der Waals surface area contributed by atoms with Gasteiger partial charge in [0.2, 0.25) is 0 Å². The van der Waals surface area contributed by atoms with Crippen LogP contribution in [0.3, 0.4) is 0 Å². The number of ether oxygens (including phenoxy) is 1. The lowest BCUT2D eigenvalue weighted by Crippen LogP contribution is -2.18. The molecule has 0 radical (unpaired) electrons. The van der Waals surface area contributed by atoms with E-state index in [1.807, 2.05) is 32.9 Å². The number of hydrogen-bond donors (Lipinski definition) is 2. The summed E-state index contributed by atoms with van der Waals surface area (Å²) in [6, 6.07) is 8.53. The van der Waals surface area contributed by atoms with Crippen molar-refractivity contribution in [2.24, 2.45) is 0 Å². The van der Waals surface area contributed by atoms with Crippen LogP contribution in [0.25, 0.3) is 0 Å². The molecule has 0 aliphatic heterocycles. The first-order chi connectivity index (χ1) is 9.56. The zero-order chi connectivity index (χ0) is 14.5. The van der Waals surface area contributed by atoms with Gasteiger partial charge in [0, 0.05) is 18.3 Å². The molecule has 0 bridgehead atoms. The van der Waals surface area contributed by atoms with E-state index < -0.39 is 0 Å². The summed E-state index contributed by atoms with van der Waals surface area (Å²) in [6.07, 6.45) is 1.94. The molecule has 2 aromatic rings. The minimum Gasteiger partial charge on any atom is -0.491 e. The van der Waals surface area contributed by atoms with Crippen molar-refractivity contribution in [2.75, 3.05) is 0 Å². The molecule has 1 heterocycles. The van der Waals surface area contributed by atoms with Gasteiger partial charge in [-0.05, 0) is 45.4 Å². The van der Waals surface area contributed by atoms with E-state index in [0.717, 1.165) is 23.7 Å². The van der Waals surface area contributed by atoms with Gasteiger partial charge in [0.05, 0.1) is 18.1 Å². The quantitative estimate of drug-likeness (QED) is 0.848. The van der Waals surface area contributed by atoms with Gasteiger partial charge in [-0.1, -0.05) is 12.1 Å². The summed E-state index contributed by atoms with van der Waals surface area (Å²) >= 11 is 0. The highest BCUT2D eigenvalue weighted by Gasteiger charge is 2.07. The Labute approximate surface area is 120 Å². The Morgan fingerprint density at radius 1 is 1.20 bits per heavy atom. The minimum atomic E-state index is 0.207. The number of rotatable bonds is 6. The van der Waals surface area contributed by atoms with E-state index in [9.17, 15) is 0 Å². The average Bonchev–Trinajstić information content (AvgIpc) is 2.82. The highest BCUT2D eigenvalue weighted by molar-refractivity contribution is 5.29. The van der Waals surface area contributed by atoms with Crippen molar-refractivity contribution in [3.8, 4) is 5.75 Å². The Balaban J connectivity index is 1.92. The summed E-state index contributed by atoms with van der Waals surface area (Å²) in [5.41, 5.74) is 3.43. The van der Waals surface area contributed by atoms with Crippen LogP contribution < -0.4 is 10.1 Å². The van der Waals surface area contributed by atoms with Crippen LogP contribution in [0.2, 0.25) is 0 Å². The Bertz CT molecular complexity index is 531. The molecule has 0 fully saturated rings. The summed E-state index contributed by atoms with van der Waals surface area (Å²) in [4.78, 5) is 7.38. The number of nitrogens with one attached hydrogen (secondary N) is 2. The normalized spacial score (nSPS) is 12.7. The molecule has 0 aliphatic carbocycles. The van der Waals surface area contributed by atoms with Crippen LogP contribution in [-0.2, 0) is 6.54 Å². The topological polar surface area (TPSA) is 49.9 Å². The molecule has 108 valence electrons. The molecular weight excluding hydrogens is 250 g/mol. The zero-order valence-electron chi connectivity index (χ0n) is 12.6. The van der Waals surface area contributed by atoms with Gasteiger partial charge in [-0.25, -0.2) is 4.98 Å². The van der Waals surface area contributed by atoms with E-state index >= 15 is 0 Å². The van der Waals surface area contributed by atoms with E-state index in [1.54, 1.807) is 6.33 Å². The largest absolute Gasteiger partial charge is 0.491 e. The van der Waals surface area contributed by atoms with Gasteiger partial charge < -0.3 is 15.0 Å². The van der Waals surface area contributed by atoms with Gasteiger partial charge in [0.25, 0.3) is 0 Å². The number of nitrogens with zero attached hydrogens (tertiary/aromatic N) is 1. The van der Waals surface area contributed by atoms with Gasteiger partial charge in [0.1, 0.15) is 5.75 Å². The number of H-pyrrole nitrogens is 1. The van der Waals surface area contributed by atoms with E-state index in [0.29, 0.717) is 0 Å². The third-order valence-electron chi connectivity index (χ3n) is 3.26. The summed E-state index contributed by atoms with van der Waals surface area (Å²) in [5.74, 6) is 0.916. The minimum absolute atomic E-state index is 0.207. The Morgan fingerprint density at radius 3 is 2.45 bits per heavy atom. The van der Waals surface area contributed by atoms with E-state index in [-0.39, 0.29) is 12.1 Å². The van der Waals surface area contributed by atoms with Crippen molar-refractivity contribution < 1.29 is 4.74 Å². The fourth-order valence-electron chi connectivity index (χ4n) is 2.04. The molecule has 0 saturated carbocycles. The van der Waals surface area contributed by atoms with Crippen LogP contribution in [0.15, 0.2) is 30.6 Å². The maximum absolute atomic E-state index is 5.65. The molecule has 20 heavy (non-hydrogen) atoms. The Hall–Kier alpha value is -1.81. The monoisotopic (exact) mass is 273 g/mol. The van der Waals surface area contributed by atoms with Crippen LogP contribution in [0.1, 0.15) is 43.8 Å². The number of aryl methyl sites for hydroxylation is 1. The predicted molar refractivity (Wildman–Crippen MR) is 80.8 cm³/mol. The molecule has 1 atom stereocenters. The molecule has 1 aromatic heterocycles. The Kier molecular flexibility index (Phi) is 4.79. The first kappa shape index (κ1) is 14.6. The standard InChI is InChI=1S/C16H23N3O/c1-11(2)20-15-7-5-14(6-8-15)12(3)17-9-16-13(4)18-10-19-16/h5-8,10-12,17H,9H2,1-4H3,(H,18,19). The molecule has 4 heteroatoms. The van der Waals surface area contributed by atoms with Crippen LogP contribution >= 0.6 is 0 Å². The molecule has 0 spiro atoms. The van der Waals surface area contributed by atoms with Crippen molar-refractivity contribution in [1.82, 2.24) is 15.3 Å². The number of hydrogen-bond acceptors (Lipinski definition) is 3. The maximum Gasteiger partial charge on any atom is 0.119 e. The smallest absolute Gasteiger partial charge is 0.119 e. The summed E-state index contributed by atoms with van der Waals surface area (Å²) in [5, 5.41) is 3.48. The van der Waals surface area contributed by atoms with Crippen molar-refractivity contribution >= 4 is 0 Å². The molecule has 1 unspecified atom stereocenters. The summed E-state index contributed by atoms with van der Waals surface area (Å²) in [7, 11) is 0. The second-order valence-electron chi connectivity index (χ2n) is 5.31. The molecule has 2 N–H and O–H groups in total. The predicted octanol–water partition coefficient (Wildman–Crippen LogP) is 3.36. The molecule has 4 nitrogen and oxygen atoms in total. The maximum atomic E-state index is 5.65. The number of benzene rings is 1. The van der Waals surface area contributed by atoms with Crippen molar-refractivity contribution in [3.63, 3.8) is 0 Å². The van der Waals surface area contributed by atoms with Crippen LogP contribution in [0.5, 0.6) is 5.75 Å². The second kappa shape index (κ2) is 6.57. The van der Waals surface area contributed by atoms with E-state index in [1.165, 1.54) is 5.56 Å². The lowest BCUT2D eigenvalue weighted by molar-refractivity contribution is 0.242. The molecule has 0 amide bonds. The van der Waals surface area contributed by atoms with E-state index in [4.69, 9.17) is 4.74 Å². The molecular formula is C16H23N3O. The fourth-order valence-corrected chi connectivity index (χ4v) is 2.04. The second-order valence-corrected chi connectivity index (χ2v) is 5.31. The van der Waals surface area contributed by atoms with Crippen LogP contribution in [-0.4, -0.2) is 16.1 Å². The van der Waals surface area contributed by atoms with Gasteiger partial charge in [-0.15, -0.1) is 0 Å².